The van der Waals surface area contributed by atoms with Crippen molar-refractivity contribution >= 4 is 23.2 Å². The molecule has 1 heterocycles. The van der Waals surface area contributed by atoms with Crippen LogP contribution in [0.1, 0.15) is 20.8 Å². The van der Waals surface area contributed by atoms with Crippen LogP contribution in [0.3, 0.4) is 0 Å². The summed E-state index contributed by atoms with van der Waals surface area (Å²) in [5.74, 6) is -0.120. The second kappa shape index (κ2) is 5.76. The van der Waals surface area contributed by atoms with Gasteiger partial charge in [0.25, 0.3) is 0 Å². The van der Waals surface area contributed by atoms with Gasteiger partial charge in [0.05, 0.1) is 11.4 Å². The minimum atomic E-state index is -0.497. The number of piperazine rings is 1. The summed E-state index contributed by atoms with van der Waals surface area (Å²) in [7, 11) is 3.86. The molecule has 0 radical (unpaired) electrons. The van der Waals surface area contributed by atoms with Crippen molar-refractivity contribution in [3.63, 3.8) is 0 Å². The first-order chi connectivity index (χ1) is 9.84. The Morgan fingerprint density at radius 2 is 1.81 bits per heavy atom. The van der Waals surface area contributed by atoms with Crippen molar-refractivity contribution in [3.8, 4) is 0 Å². The molecule has 2 atom stereocenters. The van der Waals surface area contributed by atoms with E-state index in [0.29, 0.717) is 0 Å². The van der Waals surface area contributed by atoms with Gasteiger partial charge in [0.1, 0.15) is 12.1 Å². The number of hydrogen-bond donors (Lipinski definition) is 1. The number of para-hydroxylation sites is 2. The molecule has 1 aromatic carbocycles. The third kappa shape index (κ3) is 2.73. The van der Waals surface area contributed by atoms with Crippen molar-refractivity contribution < 1.29 is 9.59 Å². The van der Waals surface area contributed by atoms with Gasteiger partial charge in [-0.1, -0.05) is 26.0 Å². The van der Waals surface area contributed by atoms with Crippen LogP contribution in [-0.2, 0) is 9.59 Å². The third-order valence-electron chi connectivity index (χ3n) is 3.77. The van der Waals surface area contributed by atoms with Gasteiger partial charge in [0.15, 0.2) is 0 Å². The Bertz CT molecular complexity index is 554. The standard InChI is InChI=1S/C16H23N3O2/c1-10(2)14-15(20)17-11(3)16(21)19(14)13-9-7-6-8-12(13)18(4)5/h6-11,14H,1-5H3,(H,17,20). The average Bonchev–Trinajstić information content (AvgIpc) is 2.42. The smallest absolute Gasteiger partial charge is 0.250 e. The van der Waals surface area contributed by atoms with E-state index < -0.39 is 12.1 Å². The Hall–Kier alpha value is -2.04. The van der Waals surface area contributed by atoms with Crippen LogP contribution < -0.4 is 15.1 Å². The summed E-state index contributed by atoms with van der Waals surface area (Å²) in [4.78, 5) is 28.6. The quantitative estimate of drug-likeness (QED) is 0.920. The largest absolute Gasteiger partial charge is 0.376 e. The fourth-order valence-electron chi connectivity index (χ4n) is 2.74. The molecule has 1 saturated heterocycles. The van der Waals surface area contributed by atoms with E-state index in [2.05, 4.69) is 5.32 Å². The fourth-order valence-corrected chi connectivity index (χ4v) is 2.74. The molecule has 1 fully saturated rings. The van der Waals surface area contributed by atoms with Gasteiger partial charge >= 0.3 is 0 Å². The van der Waals surface area contributed by atoms with E-state index >= 15 is 0 Å². The van der Waals surface area contributed by atoms with E-state index in [9.17, 15) is 9.59 Å². The normalized spacial score (nSPS) is 22.5. The predicted molar refractivity (Wildman–Crippen MR) is 84.5 cm³/mol. The van der Waals surface area contributed by atoms with Crippen molar-refractivity contribution in [3.05, 3.63) is 24.3 Å². The summed E-state index contributed by atoms with van der Waals surface area (Å²) in [6.07, 6.45) is 0. The Kier molecular flexibility index (Phi) is 4.21. The lowest BCUT2D eigenvalue weighted by atomic mass is 9.96. The molecule has 114 valence electrons. The van der Waals surface area contributed by atoms with E-state index in [0.717, 1.165) is 11.4 Å². The molecule has 1 N–H and O–H groups in total. The molecule has 0 spiro atoms. The number of hydrogen-bond acceptors (Lipinski definition) is 3. The van der Waals surface area contributed by atoms with Gasteiger partial charge in [-0.05, 0) is 25.0 Å². The summed E-state index contributed by atoms with van der Waals surface area (Å²) < 4.78 is 0. The molecule has 2 unspecified atom stereocenters. The number of rotatable bonds is 3. The van der Waals surface area contributed by atoms with Gasteiger partial charge in [-0.3, -0.25) is 14.5 Å². The summed E-state index contributed by atoms with van der Waals surface area (Å²) in [6.45, 7) is 5.64. The maximum Gasteiger partial charge on any atom is 0.250 e. The van der Waals surface area contributed by atoms with Gasteiger partial charge in [0.2, 0.25) is 11.8 Å². The highest BCUT2D eigenvalue weighted by Crippen LogP contribution is 2.33. The maximum atomic E-state index is 12.7. The van der Waals surface area contributed by atoms with Crippen molar-refractivity contribution in [2.24, 2.45) is 5.92 Å². The molecule has 0 aliphatic carbocycles. The third-order valence-corrected chi connectivity index (χ3v) is 3.77. The Morgan fingerprint density at radius 1 is 1.19 bits per heavy atom. The Balaban J connectivity index is 2.56. The molecule has 2 amide bonds. The van der Waals surface area contributed by atoms with Crippen LogP contribution in [0.4, 0.5) is 11.4 Å². The zero-order valence-electron chi connectivity index (χ0n) is 13.3. The second-order valence-electron chi connectivity index (χ2n) is 6.01. The van der Waals surface area contributed by atoms with Gasteiger partial charge in [-0.15, -0.1) is 0 Å². The van der Waals surface area contributed by atoms with Gasteiger partial charge < -0.3 is 10.2 Å². The summed E-state index contributed by atoms with van der Waals surface area (Å²) >= 11 is 0. The van der Waals surface area contributed by atoms with Crippen molar-refractivity contribution in [1.82, 2.24) is 5.32 Å². The predicted octanol–water partition coefficient (Wildman–Crippen LogP) is 1.63. The fraction of sp³-hybridized carbons (Fsp3) is 0.500. The van der Waals surface area contributed by atoms with E-state index in [1.165, 1.54) is 0 Å². The zero-order valence-corrected chi connectivity index (χ0v) is 13.3. The number of amides is 2. The molecule has 0 aromatic heterocycles. The molecule has 5 nitrogen and oxygen atoms in total. The van der Waals surface area contributed by atoms with Crippen LogP contribution in [0.5, 0.6) is 0 Å². The lowest BCUT2D eigenvalue weighted by Crippen LogP contribution is -2.64. The second-order valence-corrected chi connectivity index (χ2v) is 6.01. The van der Waals surface area contributed by atoms with Crippen LogP contribution in [0.2, 0.25) is 0 Å². The first kappa shape index (κ1) is 15.4. The lowest BCUT2D eigenvalue weighted by Gasteiger charge is -2.41. The Labute approximate surface area is 125 Å². The lowest BCUT2D eigenvalue weighted by molar-refractivity contribution is -0.134. The number of carbonyl (C=O) groups excluding carboxylic acids is 2. The molecular formula is C16H23N3O2. The maximum absolute atomic E-state index is 12.7. The van der Waals surface area contributed by atoms with Crippen LogP contribution in [-0.4, -0.2) is 38.0 Å². The number of nitrogens with zero attached hydrogens (tertiary/aromatic N) is 2. The molecule has 0 saturated carbocycles. The molecule has 5 heteroatoms. The minimum absolute atomic E-state index is 0.0386. The van der Waals surface area contributed by atoms with Gasteiger partial charge in [-0.25, -0.2) is 0 Å². The average molecular weight is 289 g/mol. The van der Waals surface area contributed by atoms with Crippen molar-refractivity contribution in [2.45, 2.75) is 32.9 Å². The van der Waals surface area contributed by atoms with Crippen LogP contribution in [0.15, 0.2) is 24.3 Å². The highest BCUT2D eigenvalue weighted by Gasteiger charge is 2.41. The number of benzene rings is 1. The van der Waals surface area contributed by atoms with Crippen LogP contribution >= 0.6 is 0 Å². The molecule has 21 heavy (non-hydrogen) atoms. The molecule has 2 rings (SSSR count). The first-order valence-electron chi connectivity index (χ1n) is 7.24. The molecular weight excluding hydrogens is 266 g/mol. The van der Waals surface area contributed by atoms with Crippen LogP contribution in [0.25, 0.3) is 0 Å². The molecule has 0 bridgehead atoms. The van der Waals surface area contributed by atoms with E-state index in [4.69, 9.17) is 0 Å². The minimum Gasteiger partial charge on any atom is -0.376 e. The first-order valence-corrected chi connectivity index (χ1v) is 7.24. The van der Waals surface area contributed by atoms with E-state index in [1.54, 1.807) is 11.8 Å². The highest BCUT2D eigenvalue weighted by atomic mass is 16.2. The monoisotopic (exact) mass is 289 g/mol. The van der Waals surface area contributed by atoms with E-state index in [-0.39, 0.29) is 17.7 Å². The zero-order chi connectivity index (χ0) is 15.7. The number of carbonyl (C=O) groups is 2. The summed E-state index contributed by atoms with van der Waals surface area (Å²) in [5, 5.41) is 2.77. The summed E-state index contributed by atoms with van der Waals surface area (Å²) in [5.41, 5.74) is 1.71. The van der Waals surface area contributed by atoms with Crippen molar-refractivity contribution in [2.75, 3.05) is 23.9 Å². The van der Waals surface area contributed by atoms with Crippen LogP contribution in [0, 0.1) is 5.92 Å². The molecule has 1 aliphatic rings. The summed E-state index contributed by atoms with van der Waals surface area (Å²) in [6, 6.07) is 6.70. The number of anilines is 2. The Morgan fingerprint density at radius 3 is 2.38 bits per heavy atom. The number of nitrogens with one attached hydrogen (secondary N) is 1. The SMILES string of the molecule is CC1NC(=O)C(C(C)C)N(c2ccccc2N(C)C)C1=O. The molecule has 1 aromatic rings. The molecule has 1 aliphatic heterocycles. The topological polar surface area (TPSA) is 52.7 Å². The highest BCUT2D eigenvalue weighted by molar-refractivity contribution is 6.09. The van der Waals surface area contributed by atoms with Gasteiger partial charge in [0, 0.05) is 14.1 Å². The van der Waals surface area contributed by atoms with E-state index in [1.807, 2.05) is 57.1 Å². The van der Waals surface area contributed by atoms with Crippen molar-refractivity contribution in [1.29, 1.82) is 0 Å². The van der Waals surface area contributed by atoms with Gasteiger partial charge in [-0.2, -0.15) is 0 Å².